The van der Waals surface area contributed by atoms with E-state index in [2.05, 4.69) is 27.3 Å². The molecule has 0 aliphatic heterocycles. The summed E-state index contributed by atoms with van der Waals surface area (Å²) in [5, 5.41) is 12.0. The average Bonchev–Trinajstić information content (AvgIpc) is 2.65. The molecule has 0 spiro atoms. The van der Waals surface area contributed by atoms with Crippen LogP contribution < -0.4 is 11.1 Å². The van der Waals surface area contributed by atoms with Crippen LogP contribution in [0.3, 0.4) is 0 Å². The van der Waals surface area contributed by atoms with E-state index in [0.29, 0.717) is 11.3 Å². The van der Waals surface area contributed by atoms with E-state index >= 15 is 0 Å². The average molecular weight is 336 g/mol. The van der Waals surface area contributed by atoms with E-state index in [0.717, 1.165) is 36.6 Å². The predicted molar refractivity (Wildman–Crippen MR) is 82.0 cm³/mol. The van der Waals surface area contributed by atoms with E-state index in [1.165, 1.54) is 0 Å². The fourth-order valence-electron chi connectivity index (χ4n) is 2.61. The van der Waals surface area contributed by atoms with Crippen molar-refractivity contribution in [2.75, 3.05) is 5.32 Å². The van der Waals surface area contributed by atoms with Gasteiger partial charge in [-0.25, -0.2) is 0 Å². The number of nitrogens with two attached hydrogens (primary N) is 1. The minimum atomic E-state index is -0.160. The Balaban J connectivity index is 2.13. The fourth-order valence-corrected chi connectivity index (χ4v) is 2.97. The van der Waals surface area contributed by atoms with Gasteiger partial charge in [-0.2, -0.15) is 5.26 Å². The van der Waals surface area contributed by atoms with Crippen LogP contribution >= 0.6 is 15.9 Å². The number of rotatable bonds is 2. The number of nitrogens with zero attached hydrogens (tertiary/aromatic N) is 1. The van der Waals surface area contributed by atoms with Crippen molar-refractivity contribution in [3.8, 4) is 6.07 Å². The van der Waals surface area contributed by atoms with Gasteiger partial charge in [-0.05, 0) is 31.0 Å². The van der Waals surface area contributed by atoms with Gasteiger partial charge in [0.1, 0.15) is 6.07 Å². The largest absolute Gasteiger partial charge is 0.327 e. The van der Waals surface area contributed by atoms with Crippen LogP contribution in [0.4, 0.5) is 5.69 Å². The Bertz CT molecular complexity index is 538. The Morgan fingerprint density at radius 2 is 2.10 bits per heavy atom. The molecule has 1 saturated carbocycles. The molecule has 0 saturated heterocycles. The molecule has 1 aliphatic rings. The van der Waals surface area contributed by atoms with Crippen LogP contribution in [-0.2, 0) is 4.79 Å². The molecule has 0 radical (unpaired) electrons. The maximum absolute atomic E-state index is 12.4. The van der Waals surface area contributed by atoms with E-state index in [1.54, 1.807) is 12.1 Å². The van der Waals surface area contributed by atoms with E-state index in [4.69, 9.17) is 11.0 Å². The summed E-state index contributed by atoms with van der Waals surface area (Å²) >= 11 is 3.32. The van der Waals surface area contributed by atoms with Crippen molar-refractivity contribution in [3.63, 3.8) is 0 Å². The molecule has 2 rings (SSSR count). The zero-order valence-corrected chi connectivity index (χ0v) is 12.8. The molecule has 0 heterocycles. The van der Waals surface area contributed by atoms with Crippen LogP contribution in [-0.4, -0.2) is 11.9 Å². The third-order valence-corrected chi connectivity index (χ3v) is 4.26. The third-order valence-electron chi connectivity index (χ3n) is 3.77. The number of nitriles is 1. The van der Waals surface area contributed by atoms with Gasteiger partial charge in [0.2, 0.25) is 5.91 Å². The summed E-state index contributed by atoms with van der Waals surface area (Å²) in [6, 6.07) is 7.25. The second kappa shape index (κ2) is 6.87. The Hall–Kier alpha value is -1.38. The number of carbonyl (C=O) groups excluding carboxylic acids is 1. The van der Waals surface area contributed by atoms with Gasteiger partial charge in [0.15, 0.2) is 0 Å². The van der Waals surface area contributed by atoms with Gasteiger partial charge < -0.3 is 11.1 Å². The van der Waals surface area contributed by atoms with Gasteiger partial charge in [0.25, 0.3) is 0 Å². The lowest BCUT2D eigenvalue weighted by molar-refractivity contribution is -0.120. The highest BCUT2D eigenvalue weighted by Gasteiger charge is 2.27. The highest BCUT2D eigenvalue weighted by molar-refractivity contribution is 9.10. The Morgan fingerprint density at radius 1 is 1.35 bits per heavy atom. The van der Waals surface area contributed by atoms with Crippen molar-refractivity contribution in [2.45, 2.75) is 38.1 Å². The summed E-state index contributed by atoms with van der Waals surface area (Å²) in [7, 11) is 0. The summed E-state index contributed by atoms with van der Waals surface area (Å²) in [6.45, 7) is 0. The SMILES string of the molecule is N#Cc1cc(Br)ccc1NC(=O)C1CCCCCC1N. The van der Waals surface area contributed by atoms with Crippen molar-refractivity contribution in [2.24, 2.45) is 11.7 Å². The lowest BCUT2D eigenvalue weighted by Crippen LogP contribution is -2.37. The fraction of sp³-hybridized carbons (Fsp3) is 0.467. The van der Waals surface area contributed by atoms with Gasteiger partial charge in [-0.3, -0.25) is 4.79 Å². The maximum atomic E-state index is 12.4. The van der Waals surface area contributed by atoms with E-state index in [1.807, 2.05) is 6.07 Å². The molecule has 106 valence electrons. The molecule has 2 unspecified atom stereocenters. The monoisotopic (exact) mass is 335 g/mol. The van der Waals surface area contributed by atoms with Gasteiger partial charge in [-0.1, -0.05) is 35.2 Å². The van der Waals surface area contributed by atoms with Crippen LogP contribution in [0.5, 0.6) is 0 Å². The molecule has 3 N–H and O–H groups in total. The number of amides is 1. The van der Waals surface area contributed by atoms with Gasteiger partial charge in [-0.15, -0.1) is 0 Å². The van der Waals surface area contributed by atoms with Crippen LogP contribution in [0.25, 0.3) is 0 Å². The molecule has 0 bridgehead atoms. The van der Waals surface area contributed by atoms with Crippen LogP contribution in [0.1, 0.15) is 37.7 Å². The van der Waals surface area contributed by atoms with Gasteiger partial charge in [0.05, 0.1) is 17.2 Å². The molecular formula is C15H18BrN3O. The summed E-state index contributed by atoms with van der Waals surface area (Å²) in [5.41, 5.74) is 7.10. The number of hydrogen-bond acceptors (Lipinski definition) is 3. The molecule has 1 aromatic carbocycles. The quantitative estimate of drug-likeness (QED) is 0.814. The molecule has 1 aliphatic carbocycles. The summed E-state index contributed by atoms with van der Waals surface area (Å²) < 4.78 is 0.818. The van der Waals surface area contributed by atoms with Crippen LogP contribution in [0.15, 0.2) is 22.7 Å². The Kier molecular flexibility index (Phi) is 5.16. The predicted octanol–water partition coefficient (Wildman–Crippen LogP) is 3.17. The first-order chi connectivity index (χ1) is 9.61. The number of halogens is 1. The van der Waals surface area contributed by atoms with Gasteiger partial charge in [0, 0.05) is 10.5 Å². The number of hydrogen-bond donors (Lipinski definition) is 2. The van der Waals surface area contributed by atoms with E-state index < -0.39 is 0 Å². The zero-order chi connectivity index (χ0) is 14.5. The molecule has 5 heteroatoms. The standard InChI is InChI=1S/C15H18BrN3O/c16-11-6-7-14(10(8-11)9-17)19-15(20)12-4-2-1-3-5-13(12)18/h6-8,12-13H,1-5,18H2,(H,19,20). The summed E-state index contributed by atoms with van der Waals surface area (Å²) in [5.74, 6) is -0.231. The van der Waals surface area contributed by atoms with Crippen molar-refractivity contribution < 1.29 is 4.79 Å². The molecule has 1 amide bonds. The first-order valence-electron chi connectivity index (χ1n) is 6.88. The molecule has 0 aromatic heterocycles. The number of nitrogens with one attached hydrogen (secondary N) is 1. The van der Waals surface area contributed by atoms with Crippen molar-refractivity contribution in [3.05, 3.63) is 28.2 Å². The first kappa shape index (κ1) is 15.0. The highest BCUT2D eigenvalue weighted by atomic mass is 79.9. The van der Waals surface area contributed by atoms with Crippen molar-refractivity contribution in [1.29, 1.82) is 5.26 Å². The Morgan fingerprint density at radius 3 is 2.85 bits per heavy atom. The molecule has 1 fully saturated rings. The zero-order valence-electron chi connectivity index (χ0n) is 11.2. The van der Waals surface area contributed by atoms with Crippen LogP contribution in [0, 0.1) is 17.2 Å². The molecule has 4 nitrogen and oxygen atoms in total. The highest BCUT2D eigenvalue weighted by Crippen LogP contribution is 2.25. The lowest BCUT2D eigenvalue weighted by Gasteiger charge is -2.20. The van der Waals surface area contributed by atoms with E-state index in [-0.39, 0.29) is 17.9 Å². The topological polar surface area (TPSA) is 78.9 Å². The number of anilines is 1. The summed E-state index contributed by atoms with van der Waals surface area (Å²) in [4.78, 5) is 12.4. The third kappa shape index (κ3) is 3.59. The lowest BCUT2D eigenvalue weighted by atomic mass is 9.94. The molecule has 1 aromatic rings. The second-order valence-corrected chi connectivity index (χ2v) is 6.11. The Labute approximate surface area is 127 Å². The second-order valence-electron chi connectivity index (χ2n) is 5.20. The minimum absolute atomic E-state index is 0.0711. The molecule has 2 atom stereocenters. The van der Waals surface area contributed by atoms with Gasteiger partial charge >= 0.3 is 0 Å². The number of carbonyl (C=O) groups is 1. The smallest absolute Gasteiger partial charge is 0.229 e. The minimum Gasteiger partial charge on any atom is -0.327 e. The normalized spacial score (nSPS) is 22.6. The molecular weight excluding hydrogens is 318 g/mol. The molecule has 20 heavy (non-hydrogen) atoms. The van der Waals surface area contributed by atoms with Crippen LogP contribution in [0.2, 0.25) is 0 Å². The van der Waals surface area contributed by atoms with Crippen molar-refractivity contribution in [1.82, 2.24) is 0 Å². The maximum Gasteiger partial charge on any atom is 0.229 e. The first-order valence-corrected chi connectivity index (χ1v) is 7.67. The van der Waals surface area contributed by atoms with E-state index in [9.17, 15) is 4.79 Å². The van der Waals surface area contributed by atoms with Crippen molar-refractivity contribution >= 4 is 27.5 Å². The summed E-state index contributed by atoms with van der Waals surface area (Å²) in [6.07, 6.45) is 4.98. The number of benzene rings is 1.